The summed E-state index contributed by atoms with van der Waals surface area (Å²) in [4.78, 5) is 23.6. The van der Waals surface area contributed by atoms with Gasteiger partial charge in [-0.2, -0.15) is 13.2 Å². The van der Waals surface area contributed by atoms with Gasteiger partial charge in [-0.25, -0.2) is 0 Å². The summed E-state index contributed by atoms with van der Waals surface area (Å²) in [5.74, 6) is -2.10. The van der Waals surface area contributed by atoms with Crippen LogP contribution in [-0.4, -0.2) is 23.0 Å². The van der Waals surface area contributed by atoms with Gasteiger partial charge >= 0.3 is 12.1 Å². The van der Waals surface area contributed by atoms with Crippen LogP contribution < -0.4 is 5.32 Å². The molecule has 7 heteroatoms. The van der Waals surface area contributed by atoms with Crippen molar-refractivity contribution >= 4 is 11.9 Å². The largest absolute Gasteiger partial charge is 0.481 e. The topological polar surface area (TPSA) is 66.4 Å². The summed E-state index contributed by atoms with van der Waals surface area (Å²) < 4.78 is 37.8. The van der Waals surface area contributed by atoms with Gasteiger partial charge < -0.3 is 10.4 Å². The van der Waals surface area contributed by atoms with Crippen molar-refractivity contribution in [3.8, 4) is 0 Å². The fourth-order valence-electron chi connectivity index (χ4n) is 3.27. The maximum absolute atomic E-state index is 12.6. The highest BCUT2D eigenvalue weighted by molar-refractivity contribution is 5.80. The molecule has 1 aromatic rings. The molecule has 1 aliphatic rings. The van der Waals surface area contributed by atoms with Crippen molar-refractivity contribution in [2.45, 2.75) is 51.2 Å². The number of carbonyl (C=O) groups excluding carboxylic acids is 1. The summed E-state index contributed by atoms with van der Waals surface area (Å²) in [6.07, 6.45) is -1.58. The molecule has 1 saturated carbocycles. The number of amides is 1. The Kier molecular flexibility index (Phi) is 6.08. The number of alkyl halides is 3. The third-order valence-electron chi connectivity index (χ3n) is 4.79. The molecule has 4 nitrogen and oxygen atoms in total. The van der Waals surface area contributed by atoms with E-state index in [9.17, 15) is 27.9 Å². The van der Waals surface area contributed by atoms with Crippen molar-refractivity contribution in [1.29, 1.82) is 0 Å². The zero-order valence-corrected chi connectivity index (χ0v) is 14.0. The first-order chi connectivity index (χ1) is 11.7. The molecule has 0 bridgehead atoms. The van der Waals surface area contributed by atoms with Crippen LogP contribution in [0.3, 0.4) is 0 Å². The van der Waals surface area contributed by atoms with E-state index in [2.05, 4.69) is 5.32 Å². The van der Waals surface area contributed by atoms with Gasteiger partial charge in [-0.1, -0.05) is 25.5 Å². The Balaban J connectivity index is 1.99. The second-order valence-electron chi connectivity index (χ2n) is 6.49. The Morgan fingerprint density at radius 2 is 1.88 bits per heavy atom. The second kappa shape index (κ2) is 7.89. The monoisotopic (exact) mass is 357 g/mol. The normalized spacial score (nSPS) is 21.8. The third kappa shape index (κ3) is 4.96. The lowest BCUT2D eigenvalue weighted by atomic mass is 9.94. The lowest BCUT2D eigenvalue weighted by Gasteiger charge is -2.22. The predicted octanol–water partition coefficient (Wildman–Crippen LogP) is 3.64. The Labute approximate surface area is 144 Å². The number of halogens is 3. The lowest BCUT2D eigenvalue weighted by Crippen LogP contribution is -2.43. The quantitative estimate of drug-likeness (QED) is 0.817. The lowest BCUT2D eigenvalue weighted by molar-refractivity contribution is -0.142. The zero-order chi connectivity index (χ0) is 18.6. The number of hydrogen-bond donors (Lipinski definition) is 2. The number of hydrogen-bond acceptors (Lipinski definition) is 2. The van der Waals surface area contributed by atoms with Gasteiger partial charge in [-0.3, -0.25) is 9.59 Å². The van der Waals surface area contributed by atoms with Crippen molar-refractivity contribution in [2.24, 2.45) is 11.8 Å². The van der Waals surface area contributed by atoms with E-state index in [0.29, 0.717) is 31.2 Å². The molecule has 0 aromatic heterocycles. The van der Waals surface area contributed by atoms with Crippen molar-refractivity contribution in [2.75, 3.05) is 0 Å². The third-order valence-corrected chi connectivity index (χ3v) is 4.79. The van der Waals surface area contributed by atoms with Crippen LogP contribution in [0.4, 0.5) is 13.2 Å². The van der Waals surface area contributed by atoms with E-state index < -0.39 is 29.5 Å². The molecule has 0 saturated heterocycles. The van der Waals surface area contributed by atoms with Crippen LogP contribution >= 0.6 is 0 Å². The molecule has 1 aliphatic carbocycles. The molecular formula is C18H22F3NO3. The Hall–Kier alpha value is -2.05. The molecule has 3 atom stereocenters. The number of carbonyl (C=O) groups is 2. The van der Waals surface area contributed by atoms with Crippen LogP contribution in [-0.2, 0) is 22.2 Å². The maximum Gasteiger partial charge on any atom is 0.416 e. The van der Waals surface area contributed by atoms with E-state index in [-0.39, 0.29) is 11.9 Å². The maximum atomic E-state index is 12.6. The summed E-state index contributed by atoms with van der Waals surface area (Å²) in [6.45, 7) is 1.83. The van der Waals surface area contributed by atoms with Crippen LogP contribution in [0.1, 0.15) is 43.7 Å². The van der Waals surface area contributed by atoms with E-state index >= 15 is 0 Å². The van der Waals surface area contributed by atoms with Crippen LogP contribution in [0.15, 0.2) is 24.3 Å². The highest BCUT2D eigenvalue weighted by atomic mass is 19.4. The van der Waals surface area contributed by atoms with Crippen LogP contribution in [0.25, 0.3) is 0 Å². The van der Waals surface area contributed by atoms with Gasteiger partial charge in [0.05, 0.1) is 11.5 Å². The first-order valence-corrected chi connectivity index (χ1v) is 8.41. The highest BCUT2D eigenvalue weighted by Gasteiger charge is 2.35. The molecule has 1 aromatic carbocycles. The molecule has 1 amide bonds. The summed E-state index contributed by atoms with van der Waals surface area (Å²) in [5.41, 5.74) is -0.0692. The summed E-state index contributed by atoms with van der Waals surface area (Å²) >= 11 is 0. The molecule has 0 heterocycles. The average Bonchev–Trinajstić information content (AvgIpc) is 3.00. The predicted molar refractivity (Wildman–Crippen MR) is 85.8 cm³/mol. The van der Waals surface area contributed by atoms with Crippen molar-refractivity contribution in [3.05, 3.63) is 35.4 Å². The minimum absolute atomic E-state index is 0.236. The smallest absolute Gasteiger partial charge is 0.416 e. The molecule has 2 N–H and O–H groups in total. The molecular weight excluding hydrogens is 335 g/mol. The van der Waals surface area contributed by atoms with Gasteiger partial charge in [0.15, 0.2) is 0 Å². The zero-order valence-electron chi connectivity index (χ0n) is 14.0. The van der Waals surface area contributed by atoms with Crippen molar-refractivity contribution in [3.63, 3.8) is 0 Å². The van der Waals surface area contributed by atoms with Crippen molar-refractivity contribution in [1.82, 2.24) is 5.32 Å². The number of nitrogens with one attached hydrogen (secondary N) is 1. The average molecular weight is 357 g/mol. The number of carboxylic acids is 1. The van der Waals surface area contributed by atoms with Crippen molar-refractivity contribution < 1.29 is 27.9 Å². The first-order valence-electron chi connectivity index (χ1n) is 8.41. The summed E-state index contributed by atoms with van der Waals surface area (Å²) in [6, 6.07) is 4.42. The molecule has 25 heavy (non-hydrogen) atoms. The van der Waals surface area contributed by atoms with Crippen LogP contribution in [0.5, 0.6) is 0 Å². The fourth-order valence-corrected chi connectivity index (χ4v) is 3.27. The number of carboxylic acid groups (broad SMARTS) is 1. The molecule has 0 spiro atoms. The van der Waals surface area contributed by atoms with E-state index in [1.807, 2.05) is 6.92 Å². The van der Waals surface area contributed by atoms with Gasteiger partial charge in [-0.15, -0.1) is 0 Å². The Morgan fingerprint density at radius 1 is 1.24 bits per heavy atom. The molecule has 1 fully saturated rings. The minimum Gasteiger partial charge on any atom is -0.481 e. The number of aliphatic carboxylic acids is 1. The van der Waals surface area contributed by atoms with Gasteiger partial charge in [0, 0.05) is 12.0 Å². The standard InChI is InChI=1S/C18H22F3NO3/c1-2-12(10-11-6-8-13(9-7-11)18(19,20)21)16(23)22-15-5-3-4-14(15)17(24)25/h6-9,12,14-15H,2-5,10H2,1H3,(H,22,23)(H,24,25)/t12?,14-,15+/m0/s1. The molecule has 2 rings (SSSR count). The molecule has 0 aliphatic heterocycles. The summed E-state index contributed by atoms with van der Waals surface area (Å²) in [7, 11) is 0. The molecule has 1 unspecified atom stereocenters. The SMILES string of the molecule is CCC(Cc1ccc(C(F)(F)F)cc1)C(=O)N[C@@H]1CCC[C@@H]1C(=O)O. The summed E-state index contributed by atoms with van der Waals surface area (Å²) in [5, 5.41) is 12.0. The van der Waals surface area contributed by atoms with Gasteiger partial charge in [0.25, 0.3) is 0 Å². The fraction of sp³-hybridized carbons (Fsp3) is 0.556. The van der Waals surface area contributed by atoms with Gasteiger partial charge in [0.2, 0.25) is 5.91 Å². The van der Waals surface area contributed by atoms with Crippen LogP contribution in [0.2, 0.25) is 0 Å². The number of benzene rings is 1. The van der Waals surface area contributed by atoms with Crippen LogP contribution in [0, 0.1) is 11.8 Å². The minimum atomic E-state index is -4.38. The Morgan fingerprint density at radius 3 is 2.40 bits per heavy atom. The van der Waals surface area contributed by atoms with Gasteiger partial charge in [0.1, 0.15) is 0 Å². The van der Waals surface area contributed by atoms with E-state index in [1.165, 1.54) is 12.1 Å². The van der Waals surface area contributed by atoms with Gasteiger partial charge in [-0.05, 0) is 43.4 Å². The second-order valence-corrected chi connectivity index (χ2v) is 6.49. The highest BCUT2D eigenvalue weighted by Crippen LogP contribution is 2.30. The van der Waals surface area contributed by atoms with E-state index in [1.54, 1.807) is 0 Å². The first kappa shape index (κ1) is 19.3. The number of rotatable bonds is 6. The molecule has 0 radical (unpaired) electrons. The molecule has 138 valence electrons. The van der Waals surface area contributed by atoms with E-state index in [4.69, 9.17) is 0 Å². The van der Waals surface area contributed by atoms with E-state index in [0.717, 1.165) is 18.6 Å². The Bertz CT molecular complexity index is 613.